The van der Waals surface area contributed by atoms with Crippen LogP contribution in [0.3, 0.4) is 0 Å². The van der Waals surface area contributed by atoms with Gasteiger partial charge in [-0.2, -0.15) is 0 Å². The van der Waals surface area contributed by atoms with Crippen LogP contribution in [0.4, 0.5) is 5.69 Å². The molecule has 0 unspecified atom stereocenters. The topological polar surface area (TPSA) is 60.7 Å². The summed E-state index contributed by atoms with van der Waals surface area (Å²) in [6, 6.07) is 8.97. The molecule has 1 N–H and O–H groups in total. The minimum Gasteiger partial charge on any atom is -0.458 e. The number of benzene rings is 1. The first-order chi connectivity index (χ1) is 10.1. The lowest BCUT2D eigenvalue weighted by molar-refractivity contribution is 0.102. The van der Waals surface area contributed by atoms with Gasteiger partial charge in [-0.1, -0.05) is 0 Å². The van der Waals surface area contributed by atoms with Gasteiger partial charge >= 0.3 is 0 Å². The van der Waals surface area contributed by atoms with Gasteiger partial charge in [0, 0.05) is 23.5 Å². The van der Waals surface area contributed by atoms with E-state index in [0.29, 0.717) is 23.0 Å². The molecule has 1 aromatic heterocycles. The van der Waals surface area contributed by atoms with E-state index in [4.69, 9.17) is 13.9 Å². The van der Waals surface area contributed by atoms with Crippen molar-refractivity contribution < 1.29 is 18.7 Å². The minimum atomic E-state index is -0.172. The van der Waals surface area contributed by atoms with E-state index < -0.39 is 0 Å². The zero-order valence-corrected chi connectivity index (χ0v) is 11.8. The fraction of sp³-hybridized carbons (Fsp3) is 0.188. The number of rotatable bonds is 4. The highest BCUT2D eigenvalue weighted by Crippen LogP contribution is 2.34. The highest BCUT2D eigenvalue weighted by molar-refractivity contribution is 6.03. The van der Waals surface area contributed by atoms with Crippen molar-refractivity contribution >= 4 is 11.5 Å². The Hall–Kier alpha value is -2.69. The first kappa shape index (κ1) is 13.3. The molecule has 1 aromatic carbocycles. The van der Waals surface area contributed by atoms with Gasteiger partial charge in [0.25, 0.3) is 0 Å². The summed E-state index contributed by atoms with van der Waals surface area (Å²) < 4.78 is 15.9. The highest BCUT2D eigenvalue weighted by atomic mass is 16.7. The summed E-state index contributed by atoms with van der Waals surface area (Å²) in [5.74, 6) is 2.30. The summed E-state index contributed by atoms with van der Waals surface area (Å²) in [6.45, 7) is 3.86. The fourth-order valence-electron chi connectivity index (χ4n) is 2.07. The van der Waals surface area contributed by atoms with Crippen LogP contribution in [0.5, 0.6) is 11.5 Å². The summed E-state index contributed by atoms with van der Waals surface area (Å²) in [6.07, 6.45) is 1.50. The third-order valence-corrected chi connectivity index (χ3v) is 3.04. The van der Waals surface area contributed by atoms with Crippen LogP contribution < -0.4 is 14.8 Å². The van der Waals surface area contributed by atoms with Gasteiger partial charge in [-0.05, 0) is 38.1 Å². The van der Waals surface area contributed by atoms with Crippen LogP contribution >= 0.6 is 0 Å². The van der Waals surface area contributed by atoms with Crippen molar-refractivity contribution in [3.8, 4) is 11.5 Å². The number of carbonyl (C=O) groups is 1. The number of furan rings is 1. The van der Waals surface area contributed by atoms with E-state index in [1.54, 1.807) is 19.1 Å². The highest BCUT2D eigenvalue weighted by Gasteiger charge is 2.13. The molecule has 2 heterocycles. The molecule has 3 rings (SSSR count). The predicted octanol–water partition coefficient (Wildman–Crippen LogP) is 3.52. The number of ketones is 1. The normalized spacial score (nSPS) is 13.3. The van der Waals surface area contributed by atoms with Gasteiger partial charge in [0.05, 0.1) is 0 Å². The minimum absolute atomic E-state index is 0.172. The molecule has 0 bridgehead atoms. The van der Waals surface area contributed by atoms with Crippen molar-refractivity contribution in [1.29, 1.82) is 0 Å². The molecule has 1 aliphatic rings. The molecule has 0 saturated carbocycles. The number of aryl methyl sites for hydroxylation is 1. The van der Waals surface area contributed by atoms with Gasteiger partial charge in [0.15, 0.2) is 17.3 Å². The van der Waals surface area contributed by atoms with Crippen molar-refractivity contribution in [3.05, 3.63) is 53.6 Å². The maximum atomic E-state index is 12.0. The van der Waals surface area contributed by atoms with Crippen molar-refractivity contribution in [1.82, 2.24) is 0 Å². The van der Waals surface area contributed by atoms with E-state index in [2.05, 4.69) is 5.32 Å². The van der Waals surface area contributed by atoms with Crippen molar-refractivity contribution in [3.63, 3.8) is 0 Å². The second kappa shape index (κ2) is 5.36. The van der Waals surface area contributed by atoms with Gasteiger partial charge in [0.2, 0.25) is 12.6 Å². The molecule has 0 aliphatic carbocycles. The molecule has 5 heteroatoms. The Kier molecular flexibility index (Phi) is 3.39. The Balaban J connectivity index is 1.72. The average Bonchev–Trinajstić information content (AvgIpc) is 3.06. The summed E-state index contributed by atoms with van der Waals surface area (Å²) in [7, 11) is 0. The molecular weight excluding hydrogens is 270 g/mol. The Morgan fingerprint density at radius 3 is 2.76 bits per heavy atom. The quantitative estimate of drug-likeness (QED) is 0.688. The lowest BCUT2D eigenvalue weighted by Crippen LogP contribution is -2.00. The van der Waals surface area contributed by atoms with E-state index in [1.807, 2.05) is 25.1 Å². The zero-order valence-electron chi connectivity index (χ0n) is 11.8. The number of hydrogen-bond donors (Lipinski definition) is 1. The van der Waals surface area contributed by atoms with E-state index in [1.165, 1.54) is 6.08 Å². The van der Waals surface area contributed by atoms with Gasteiger partial charge in [-0.3, -0.25) is 4.79 Å². The smallest absolute Gasteiger partial charge is 0.231 e. The predicted molar refractivity (Wildman–Crippen MR) is 77.7 cm³/mol. The van der Waals surface area contributed by atoms with Gasteiger partial charge in [-0.25, -0.2) is 0 Å². The summed E-state index contributed by atoms with van der Waals surface area (Å²) in [5, 5.41) is 3.14. The largest absolute Gasteiger partial charge is 0.458 e. The van der Waals surface area contributed by atoms with Crippen molar-refractivity contribution in [2.45, 2.75) is 13.8 Å². The SMILES string of the molecule is C/C(=C/C(=O)c1ccc(C)o1)Nc1ccc2c(c1)OCO2. The number of hydrogen-bond acceptors (Lipinski definition) is 5. The van der Waals surface area contributed by atoms with Crippen LogP contribution in [0, 0.1) is 6.92 Å². The van der Waals surface area contributed by atoms with Gasteiger partial charge in [0.1, 0.15) is 5.76 Å². The Morgan fingerprint density at radius 2 is 2.00 bits per heavy atom. The van der Waals surface area contributed by atoms with Crippen LogP contribution in [-0.2, 0) is 0 Å². The first-order valence-corrected chi connectivity index (χ1v) is 6.57. The van der Waals surface area contributed by atoms with Crippen molar-refractivity contribution in [2.24, 2.45) is 0 Å². The Morgan fingerprint density at radius 1 is 1.19 bits per heavy atom. The molecule has 108 valence electrons. The average molecular weight is 285 g/mol. The Bertz CT molecular complexity index is 715. The maximum absolute atomic E-state index is 12.0. The lowest BCUT2D eigenvalue weighted by Gasteiger charge is -2.07. The molecule has 0 saturated heterocycles. The molecule has 5 nitrogen and oxygen atoms in total. The van der Waals surface area contributed by atoms with Gasteiger partial charge < -0.3 is 19.2 Å². The van der Waals surface area contributed by atoms with Crippen LogP contribution in [0.1, 0.15) is 23.2 Å². The molecule has 0 radical (unpaired) electrons. The van der Waals surface area contributed by atoms with E-state index in [9.17, 15) is 4.79 Å². The van der Waals surface area contributed by atoms with Crippen LogP contribution in [0.15, 0.2) is 46.5 Å². The molecule has 1 aliphatic heterocycles. The summed E-state index contributed by atoms with van der Waals surface area (Å²) >= 11 is 0. The molecule has 2 aromatic rings. The first-order valence-electron chi connectivity index (χ1n) is 6.57. The standard InChI is InChI=1S/C16H15NO4/c1-10(7-13(18)14-5-3-11(2)21-14)17-12-4-6-15-16(8-12)20-9-19-15/h3-8,17H,9H2,1-2H3/b10-7-. The molecular formula is C16H15NO4. The molecule has 0 amide bonds. The molecule has 0 fully saturated rings. The number of ether oxygens (including phenoxy) is 2. The third kappa shape index (κ3) is 2.91. The number of fused-ring (bicyclic) bond motifs is 1. The van der Waals surface area contributed by atoms with E-state index in [-0.39, 0.29) is 12.6 Å². The summed E-state index contributed by atoms with van der Waals surface area (Å²) in [4.78, 5) is 12.0. The van der Waals surface area contributed by atoms with E-state index >= 15 is 0 Å². The van der Waals surface area contributed by atoms with Crippen LogP contribution in [0.25, 0.3) is 0 Å². The number of anilines is 1. The van der Waals surface area contributed by atoms with Gasteiger partial charge in [-0.15, -0.1) is 0 Å². The zero-order chi connectivity index (χ0) is 14.8. The van der Waals surface area contributed by atoms with E-state index in [0.717, 1.165) is 11.4 Å². The van der Waals surface area contributed by atoms with Crippen LogP contribution in [0.2, 0.25) is 0 Å². The molecule has 21 heavy (non-hydrogen) atoms. The monoisotopic (exact) mass is 285 g/mol. The fourth-order valence-corrected chi connectivity index (χ4v) is 2.07. The number of nitrogens with one attached hydrogen (secondary N) is 1. The second-order valence-electron chi connectivity index (χ2n) is 4.79. The summed E-state index contributed by atoms with van der Waals surface area (Å²) in [5.41, 5.74) is 1.55. The second-order valence-corrected chi connectivity index (χ2v) is 4.79. The number of allylic oxidation sites excluding steroid dienone is 2. The third-order valence-electron chi connectivity index (χ3n) is 3.04. The van der Waals surface area contributed by atoms with Crippen molar-refractivity contribution in [2.75, 3.05) is 12.1 Å². The number of carbonyl (C=O) groups excluding carboxylic acids is 1. The maximum Gasteiger partial charge on any atom is 0.231 e. The van der Waals surface area contributed by atoms with Crippen LogP contribution in [-0.4, -0.2) is 12.6 Å². The lowest BCUT2D eigenvalue weighted by atomic mass is 10.2. The molecule has 0 atom stereocenters. The molecule has 0 spiro atoms. The Labute approximate surface area is 122 Å².